The summed E-state index contributed by atoms with van der Waals surface area (Å²) in [6.45, 7) is 2.90. The maximum Gasteiger partial charge on any atom is 0.161 e. The Labute approximate surface area is 124 Å². The van der Waals surface area contributed by atoms with E-state index in [1.54, 1.807) is 0 Å². The van der Waals surface area contributed by atoms with E-state index in [9.17, 15) is 13.2 Å². The fourth-order valence-corrected chi connectivity index (χ4v) is 3.38. The highest BCUT2D eigenvalue weighted by Gasteiger charge is 2.29. The third kappa shape index (κ3) is 3.58. The van der Waals surface area contributed by atoms with E-state index in [1.165, 1.54) is 6.42 Å². The van der Waals surface area contributed by atoms with Gasteiger partial charge in [0.2, 0.25) is 0 Å². The van der Waals surface area contributed by atoms with Crippen molar-refractivity contribution in [3.8, 4) is 0 Å². The lowest BCUT2D eigenvalue weighted by molar-refractivity contribution is 0.111. The van der Waals surface area contributed by atoms with Gasteiger partial charge in [-0.15, -0.1) is 0 Å². The van der Waals surface area contributed by atoms with Crippen molar-refractivity contribution in [2.45, 2.75) is 51.1 Å². The van der Waals surface area contributed by atoms with Crippen LogP contribution in [0.2, 0.25) is 0 Å². The predicted molar refractivity (Wildman–Crippen MR) is 77.4 cm³/mol. The molecule has 0 aromatic heterocycles. The SMILES string of the molecule is CCN(C1CCCCC1)C(CN)c1cc(F)c(F)cc1F. The Hall–Kier alpha value is -1.07. The lowest BCUT2D eigenvalue weighted by Gasteiger charge is -2.39. The van der Waals surface area contributed by atoms with Gasteiger partial charge in [-0.3, -0.25) is 4.90 Å². The number of halogens is 3. The van der Waals surface area contributed by atoms with Crippen LogP contribution in [0, 0.1) is 17.5 Å². The van der Waals surface area contributed by atoms with Crippen LogP contribution in [0.25, 0.3) is 0 Å². The third-order valence-electron chi connectivity index (χ3n) is 4.43. The van der Waals surface area contributed by atoms with Gasteiger partial charge in [0.1, 0.15) is 5.82 Å². The fourth-order valence-electron chi connectivity index (χ4n) is 3.38. The van der Waals surface area contributed by atoms with Gasteiger partial charge in [-0.25, -0.2) is 13.2 Å². The number of benzene rings is 1. The van der Waals surface area contributed by atoms with Gasteiger partial charge in [0.25, 0.3) is 0 Å². The summed E-state index contributed by atoms with van der Waals surface area (Å²) < 4.78 is 40.6. The average molecular weight is 300 g/mol. The molecule has 0 heterocycles. The minimum atomic E-state index is -1.16. The van der Waals surface area contributed by atoms with Crippen molar-refractivity contribution in [1.82, 2.24) is 4.90 Å². The first-order valence-corrected chi connectivity index (χ1v) is 7.68. The highest BCUT2D eigenvalue weighted by atomic mass is 19.2. The minimum Gasteiger partial charge on any atom is -0.329 e. The first-order chi connectivity index (χ1) is 10.1. The van der Waals surface area contributed by atoms with E-state index < -0.39 is 23.5 Å². The molecule has 2 rings (SSSR count). The molecule has 1 saturated carbocycles. The van der Waals surface area contributed by atoms with Crippen LogP contribution in [0.15, 0.2) is 12.1 Å². The number of rotatable bonds is 5. The predicted octanol–water partition coefficient (Wildman–Crippen LogP) is 3.76. The summed E-state index contributed by atoms with van der Waals surface area (Å²) >= 11 is 0. The number of hydrogen-bond acceptors (Lipinski definition) is 2. The molecule has 0 aliphatic heterocycles. The Bertz CT molecular complexity index is 473. The maximum atomic E-state index is 14.0. The Kier molecular flexibility index (Phi) is 5.65. The molecule has 5 heteroatoms. The highest BCUT2D eigenvalue weighted by Crippen LogP contribution is 2.31. The molecule has 1 fully saturated rings. The van der Waals surface area contributed by atoms with Crippen molar-refractivity contribution >= 4 is 0 Å². The van der Waals surface area contributed by atoms with Gasteiger partial charge in [0.15, 0.2) is 11.6 Å². The molecular weight excluding hydrogens is 277 g/mol. The average Bonchev–Trinajstić information content (AvgIpc) is 2.50. The van der Waals surface area contributed by atoms with Crippen molar-refractivity contribution in [2.24, 2.45) is 5.73 Å². The van der Waals surface area contributed by atoms with Crippen molar-refractivity contribution in [1.29, 1.82) is 0 Å². The van der Waals surface area contributed by atoms with E-state index >= 15 is 0 Å². The lowest BCUT2D eigenvalue weighted by Crippen LogP contribution is -2.42. The quantitative estimate of drug-likeness (QED) is 0.839. The zero-order valence-electron chi connectivity index (χ0n) is 12.4. The van der Waals surface area contributed by atoms with Crippen LogP contribution in [0.1, 0.15) is 50.6 Å². The summed E-state index contributed by atoms with van der Waals surface area (Å²) in [4.78, 5) is 2.13. The summed E-state index contributed by atoms with van der Waals surface area (Å²) in [5.41, 5.74) is 5.98. The van der Waals surface area contributed by atoms with Crippen molar-refractivity contribution in [3.63, 3.8) is 0 Å². The summed E-state index contributed by atoms with van der Waals surface area (Å²) in [5, 5.41) is 0. The van der Waals surface area contributed by atoms with E-state index in [0.717, 1.165) is 31.7 Å². The van der Waals surface area contributed by atoms with Gasteiger partial charge in [-0.2, -0.15) is 0 Å². The van der Waals surface area contributed by atoms with E-state index in [1.807, 2.05) is 6.92 Å². The topological polar surface area (TPSA) is 29.3 Å². The molecule has 2 nitrogen and oxygen atoms in total. The standard InChI is InChI=1S/C16H23F3N2/c1-2-21(11-6-4-3-5-7-11)16(10-20)12-8-14(18)15(19)9-13(12)17/h8-9,11,16H,2-7,10,20H2,1H3. The molecule has 0 amide bonds. The van der Waals surface area contributed by atoms with Gasteiger partial charge in [-0.1, -0.05) is 26.2 Å². The summed E-state index contributed by atoms with van der Waals surface area (Å²) in [6, 6.07) is 1.49. The van der Waals surface area contributed by atoms with E-state index in [-0.39, 0.29) is 12.1 Å². The van der Waals surface area contributed by atoms with Crippen LogP contribution in [0.4, 0.5) is 13.2 Å². The van der Waals surface area contributed by atoms with E-state index in [0.29, 0.717) is 18.7 Å². The number of nitrogens with two attached hydrogens (primary N) is 1. The molecule has 0 radical (unpaired) electrons. The van der Waals surface area contributed by atoms with Crippen LogP contribution < -0.4 is 5.73 Å². The highest BCUT2D eigenvalue weighted by molar-refractivity contribution is 5.24. The Morgan fingerprint density at radius 2 is 1.71 bits per heavy atom. The zero-order chi connectivity index (χ0) is 15.4. The van der Waals surface area contributed by atoms with Crippen LogP contribution >= 0.6 is 0 Å². The molecule has 2 N–H and O–H groups in total. The molecule has 1 aromatic rings. The molecule has 1 unspecified atom stereocenters. The van der Waals surface area contributed by atoms with Gasteiger partial charge >= 0.3 is 0 Å². The number of likely N-dealkylation sites (N-methyl/N-ethyl adjacent to an activating group) is 1. The monoisotopic (exact) mass is 300 g/mol. The summed E-state index contributed by atoms with van der Waals surface area (Å²) in [7, 11) is 0. The molecule has 1 atom stereocenters. The van der Waals surface area contributed by atoms with Crippen LogP contribution in [-0.2, 0) is 0 Å². The molecule has 1 aliphatic rings. The third-order valence-corrected chi connectivity index (χ3v) is 4.43. The zero-order valence-corrected chi connectivity index (χ0v) is 12.4. The summed E-state index contributed by atoms with van der Waals surface area (Å²) in [5.74, 6) is -2.91. The van der Waals surface area contributed by atoms with E-state index in [4.69, 9.17) is 5.73 Å². The molecule has 21 heavy (non-hydrogen) atoms. The molecule has 0 saturated heterocycles. The Morgan fingerprint density at radius 3 is 2.29 bits per heavy atom. The molecule has 1 aromatic carbocycles. The smallest absolute Gasteiger partial charge is 0.161 e. The second kappa shape index (κ2) is 7.27. The first kappa shape index (κ1) is 16.3. The second-order valence-electron chi connectivity index (χ2n) is 5.66. The molecule has 1 aliphatic carbocycles. The van der Waals surface area contributed by atoms with Crippen molar-refractivity contribution in [2.75, 3.05) is 13.1 Å². The maximum absolute atomic E-state index is 14.0. The van der Waals surface area contributed by atoms with Crippen LogP contribution in [0.3, 0.4) is 0 Å². The van der Waals surface area contributed by atoms with Gasteiger partial charge in [0, 0.05) is 24.2 Å². The van der Waals surface area contributed by atoms with Gasteiger partial charge in [-0.05, 0) is 25.5 Å². The van der Waals surface area contributed by atoms with Gasteiger partial charge in [0.05, 0.1) is 6.04 Å². The van der Waals surface area contributed by atoms with Crippen molar-refractivity contribution in [3.05, 3.63) is 35.1 Å². The fraction of sp³-hybridized carbons (Fsp3) is 0.625. The normalized spacial score (nSPS) is 18.2. The molecule has 118 valence electrons. The number of nitrogens with zero attached hydrogens (tertiary/aromatic N) is 1. The van der Waals surface area contributed by atoms with Crippen LogP contribution in [-0.4, -0.2) is 24.0 Å². The second-order valence-corrected chi connectivity index (χ2v) is 5.66. The largest absolute Gasteiger partial charge is 0.329 e. The summed E-state index contributed by atoms with van der Waals surface area (Å²) in [6.07, 6.45) is 5.63. The van der Waals surface area contributed by atoms with Gasteiger partial charge < -0.3 is 5.73 Å². The first-order valence-electron chi connectivity index (χ1n) is 7.68. The molecule has 0 spiro atoms. The molecule has 0 bridgehead atoms. The minimum absolute atomic E-state index is 0.156. The number of hydrogen-bond donors (Lipinski definition) is 1. The Balaban J connectivity index is 2.30. The Morgan fingerprint density at radius 1 is 1.10 bits per heavy atom. The van der Waals surface area contributed by atoms with Crippen LogP contribution in [0.5, 0.6) is 0 Å². The van der Waals surface area contributed by atoms with E-state index in [2.05, 4.69) is 4.90 Å². The lowest BCUT2D eigenvalue weighted by atomic mass is 9.91. The molecular formula is C16H23F3N2. The van der Waals surface area contributed by atoms with Crippen molar-refractivity contribution < 1.29 is 13.2 Å².